The number of ether oxygens (including phenoxy) is 1. The van der Waals surface area contributed by atoms with Crippen LogP contribution in [0.25, 0.3) is 0 Å². The number of halogens is 1. The first-order chi connectivity index (χ1) is 8.06. The molecule has 2 nitrogen and oxygen atoms in total. The van der Waals surface area contributed by atoms with Crippen molar-refractivity contribution in [1.29, 1.82) is 0 Å². The minimum atomic E-state index is -0.439. The highest BCUT2D eigenvalue weighted by Crippen LogP contribution is 2.39. The van der Waals surface area contributed by atoms with Crippen LogP contribution in [0.4, 0.5) is 4.39 Å². The molecule has 1 aliphatic carbocycles. The molecule has 3 heteroatoms. The monoisotopic (exact) mass is 236 g/mol. The van der Waals surface area contributed by atoms with E-state index in [0.29, 0.717) is 0 Å². The number of rotatable bonds is 4. The van der Waals surface area contributed by atoms with Crippen LogP contribution < -0.4 is 0 Å². The summed E-state index contributed by atoms with van der Waals surface area (Å²) < 4.78 is 19.0. The molecule has 0 heterocycles. The van der Waals surface area contributed by atoms with Crippen molar-refractivity contribution in [3.63, 3.8) is 0 Å². The maximum atomic E-state index is 13.6. The van der Waals surface area contributed by atoms with Crippen LogP contribution in [-0.2, 0) is 4.74 Å². The van der Waals surface area contributed by atoms with Crippen LogP contribution in [0, 0.1) is 12.7 Å². The van der Waals surface area contributed by atoms with Gasteiger partial charge < -0.3 is 4.74 Å². The molecule has 0 radical (unpaired) electrons. The minimum absolute atomic E-state index is 0.159. The van der Waals surface area contributed by atoms with Gasteiger partial charge in [-0.05, 0) is 38.3 Å². The summed E-state index contributed by atoms with van der Waals surface area (Å²) in [6, 6.07) is 4.63. The Hall–Kier alpha value is -1.22. The minimum Gasteiger partial charge on any atom is -0.378 e. The Kier molecular flexibility index (Phi) is 3.29. The highest BCUT2D eigenvalue weighted by atomic mass is 19.1. The SMILES string of the molecule is COC1(CC(=O)c2cc(C)ccc2F)CCC1. The summed E-state index contributed by atoms with van der Waals surface area (Å²) in [7, 11) is 1.62. The fourth-order valence-electron chi connectivity index (χ4n) is 2.26. The Labute approximate surface area is 101 Å². The van der Waals surface area contributed by atoms with Gasteiger partial charge in [-0.3, -0.25) is 4.79 Å². The molecule has 0 unspecified atom stereocenters. The van der Waals surface area contributed by atoms with Crippen LogP contribution in [0.15, 0.2) is 18.2 Å². The molecule has 0 amide bonds. The maximum absolute atomic E-state index is 13.6. The molecule has 1 aromatic rings. The van der Waals surface area contributed by atoms with E-state index in [4.69, 9.17) is 4.74 Å². The molecular weight excluding hydrogens is 219 g/mol. The summed E-state index contributed by atoms with van der Waals surface area (Å²) in [6.07, 6.45) is 3.15. The van der Waals surface area contributed by atoms with E-state index in [-0.39, 0.29) is 23.4 Å². The molecule has 1 saturated carbocycles. The van der Waals surface area contributed by atoms with Crippen molar-refractivity contribution < 1.29 is 13.9 Å². The van der Waals surface area contributed by atoms with E-state index >= 15 is 0 Å². The summed E-state index contributed by atoms with van der Waals surface area (Å²) in [6.45, 7) is 1.85. The molecule has 2 rings (SSSR count). The quantitative estimate of drug-likeness (QED) is 0.750. The number of aryl methyl sites for hydroxylation is 1. The number of Topliss-reactive ketones (excluding diaryl/α,β-unsaturated/α-hetero) is 1. The van der Waals surface area contributed by atoms with Gasteiger partial charge >= 0.3 is 0 Å². The summed E-state index contributed by atoms with van der Waals surface area (Å²) in [5, 5.41) is 0. The van der Waals surface area contributed by atoms with Crippen molar-refractivity contribution in [1.82, 2.24) is 0 Å². The van der Waals surface area contributed by atoms with Crippen molar-refractivity contribution in [2.24, 2.45) is 0 Å². The molecule has 1 aliphatic rings. The lowest BCUT2D eigenvalue weighted by Crippen LogP contribution is -2.41. The van der Waals surface area contributed by atoms with Gasteiger partial charge in [-0.2, -0.15) is 0 Å². The Morgan fingerprint density at radius 2 is 2.18 bits per heavy atom. The van der Waals surface area contributed by atoms with Gasteiger partial charge in [-0.15, -0.1) is 0 Å². The molecule has 0 N–H and O–H groups in total. The Morgan fingerprint density at radius 3 is 2.71 bits per heavy atom. The van der Waals surface area contributed by atoms with Gasteiger partial charge in [0.05, 0.1) is 11.2 Å². The van der Waals surface area contributed by atoms with Crippen LogP contribution in [0.3, 0.4) is 0 Å². The van der Waals surface area contributed by atoms with E-state index in [1.807, 2.05) is 6.92 Å². The van der Waals surface area contributed by atoms with E-state index in [2.05, 4.69) is 0 Å². The molecule has 0 spiro atoms. The molecule has 17 heavy (non-hydrogen) atoms. The average Bonchev–Trinajstić information content (AvgIpc) is 2.26. The van der Waals surface area contributed by atoms with Crippen molar-refractivity contribution in [2.45, 2.75) is 38.2 Å². The second kappa shape index (κ2) is 4.57. The summed E-state index contributed by atoms with van der Waals surface area (Å²) in [4.78, 5) is 12.1. The van der Waals surface area contributed by atoms with Gasteiger partial charge in [0.1, 0.15) is 5.82 Å². The number of hydrogen-bond donors (Lipinski definition) is 0. The lowest BCUT2D eigenvalue weighted by atomic mass is 9.75. The molecule has 1 aromatic carbocycles. The Balaban J connectivity index is 2.17. The average molecular weight is 236 g/mol. The highest BCUT2D eigenvalue weighted by molar-refractivity contribution is 5.97. The van der Waals surface area contributed by atoms with Crippen molar-refractivity contribution >= 4 is 5.78 Å². The van der Waals surface area contributed by atoms with Crippen molar-refractivity contribution in [2.75, 3.05) is 7.11 Å². The Morgan fingerprint density at radius 1 is 1.47 bits per heavy atom. The number of benzene rings is 1. The largest absolute Gasteiger partial charge is 0.378 e. The normalized spacial score (nSPS) is 17.6. The van der Waals surface area contributed by atoms with Gasteiger partial charge in [0.25, 0.3) is 0 Å². The third-order valence-electron chi connectivity index (χ3n) is 3.60. The number of methoxy groups -OCH3 is 1. The maximum Gasteiger partial charge on any atom is 0.168 e. The lowest BCUT2D eigenvalue weighted by molar-refractivity contribution is -0.0705. The topological polar surface area (TPSA) is 26.3 Å². The number of carbonyl (C=O) groups is 1. The van der Waals surface area contributed by atoms with Crippen LogP contribution >= 0.6 is 0 Å². The van der Waals surface area contributed by atoms with Crippen molar-refractivity contribution in [3.8, 4) is 0 Å². The number of ketones is 1. The van der Waals surface area contributed by atoms with Gasteiger partial charge in [0, 0.05) is 13.5 Å². The standard InChI is InChI=1S/C14H17FO2/c1-10-4-5-12(15)11(8-10)13(16)9-14(17-2)6-3-7-14/h4-5,8H,3,6-7,9H2,1-2H3. The third-order valence-corrected chi connectivity index (χ3v) is 3.60. The first-order valence-electron chi connectivity index (χ1n) is 5.91. The summed E-state index contributed by atoms with van der Waals surface area (Å²) >= 11 is 0. The highest BCUT2D eigenvalue weighted by Gasteiger charge is 2.39. The first kappa shape index (κ1) is 12.2. The van der Waals surface area contributed by atoms with Gasteiger partial charge in [0.2, 0.25) is 0 Å². The van der Waals surface area contributed by atoms with Gasteiger partial charge in [-0.25, -0.2) is 4.39 Å². The molecule has 0 atom stereocenters. The lowest BCUT2D eigenvalue weighted by Gasteiger charge is -2.40. The molecule has 0 aromatic heterocycles. The zero-order valence-corrected chi connectivity index (χ0v) is 10.3. The van der Waals surface area contributed by atoms with Gasteiger partial charge in [0.15, 0.2) is 5.78 Å². The van der Waals surface area contributed by atoms with Crippen LogP contribution in [0.1, 0.15) is 41.6 Å². The molecule has 0 saturated heterocycles. The molecular formula is C14H17FO2. The van der Waals surface area contributed by atoms with Crippen LogP contribution in [-0.4, -0.2) is 18.5 Å². The fraction of sp³-hybridized carbons (Fsp3) is 0.500. The van der Waals surface area contributed by atoms with E-state index < -0.39 is 5.82 Å². The zero-order valence-electron chi connectivity index (χ0n) is 10.3. The zero-order chi connectivity index (χ0) is 12.5. The van der Waals surface area contributed by atoms with Gasteiger partial charge in [-0.1, -0.05) is 11.6 Å². The number of carbonyl (C=O) groups excluding carboxylic acids is 1. The van der Waals surface area contributed by atoms with E-state index in [9.17, 15) is 9.18 Å². The summed E-state index contributed by atoms with van der Waals surface area (Å²) in [5.74, 6) is -0.598. The first-order valence-corrected chi connectivity index (χ1v) is 5.91. The third kappa shape index (κ3) is 2.39. The second-order valence-corrected chi connectivity index (χ2v) is 4.82. The molecule has 0 aliphatic heterocycles. The van der Waals surface area contributed by atoms with E-state index in [1.165, 1.54) is 6.07 Å². The van der Waals surface area contributed by atoms with Crippen molar-refractivity contribution in [3.05, 3.63) is 35.1 Å². The fourth-order valence-corrected chi connectivity index (χ4v) is 2.26. The number of hydrogen-bond acceptors (Lipinski definition) is 2. The smallest absolute Gasteiger partial charge is 0.168 e. The van der Waals surface area contributed by atoms with Crippen LogP contribution in [0.5, 0.6) is 0 Å². The van der Waals surface area contributed by atoms with Crippen LogP contribution in [0.2, 0.25) is 0 Å². The van der Waals surface area contributed by atoms with E-state index in [0.717, 1.165) is 24.8 Å². The molecule has 1 fully saturated rings. The summed E-state index contributed by atoms with van der Waals surface area (Å²) in [5.41, 5.74) is 0.746. The second-order valence-electron chi connectivity index (χ2n) is 4.82. The predicted octanol–water partition coefficient (Wildman–Crippen LogP) is 3.28. The van der Waals surface area contributed by atoms with E-state index in [1.54, 1.807) is 19.2 Å². The predicted molar refractivity (Wildman–Crippen MR) is 63.7 cm³/mol. The Bertz CT molecular complexity index is 430. The molecule has 92 valence electrons. The molecule has 0 bridgehead atoms.